The molecule has 3 nitrogen and oxygen atoms in total. The second-order valence-corrected chi connectivity index (χ2v) is 5.36. The Bertz CT molecular complexity index is 536. The van der Waals surface area contributed by atoms with Crippen LogP contribution in [-0.2, 0) is 16.1 Å². The van der Waals surface area contributed by atoms with E-state index in [0.29, 0.717) is 0 Å². The predicted molar refractivity (Wildman–Crippen MR) is 75.9 cm³/mol. The van der Waals surface area contributed by atoms with Crippen LogP contribution in [0.5, 0.6) is 0 Å². The lowest BCUT2D eigenvalue weighted by Crippen LogP contribution is -2.45. The van der Waals surface area contributed by atoms with E-state index in [1.54, 1.807) is 0 Å². The quantitative estimate of drug-likeness (QED) is 0.782. The van der Waals surface area contributed by atoms with Crippen LogP contribution in [0.3, 0.4) is 0 Å². The highest BCUT2D eigenvalue weighted by Crippen LogP contribution is 2.27. The maximum Gasteiger partial charge on any atom is 0.246 e. The molecule has 1 saturated heterocycles. The molecule has 22 heavy (non-hydrogen) atoms. The van der Waals surface area contributed by atoms with E-state index in [9.17, 15) is 18.0 Å². The Morgan fingerprint density at radius 1 is 1.32 bits per heavy atom. The van der Waals surface area contributed by atoms with Crippen LogP contribution in [-0.4, -0.2) is 36.2 Å². The van der Waals surface area contributed by atoms with Crippen molar-refractivity contribution < 1.29 is 22.7 Å². The van der Waals surface area contributed by atoms with Crippen LogP contribution in [0.1, 0.15) is 18.4 Å². The number of carbonyl (C=O) groups is 1. The van der Waals surface area contributed by atoms with Gasteiger partial charge in [0.25, 0.3) is 0 Å². The fourth-order valence-corrected chi connectivity index (χ4v) is 2.45. The SMILES string of the molecule is C=CC(=O)N(Cc1c(F)cccc1F)CC1(F)CCOCC1. The van der Waals surface area contributed by atoms with Gasteiger partial charge in [-0.2, -0.15) is 0 Å². The van der Waals surface area contributed by atoms with Crippen molar-refractivity contribution in [3.05, 3.63) is 48.1 Å². The molecule has 0 spiro atoms. The first-order valence-electron chi connectivity index (χ1n) is 7.06. The second kappa shape index (κ2) is 6.96. The van der Waals surface area contributed by atoms with Gasteiger partial charge < -0.3 is 9.64 Å². The first kappa shape index (κ1) is 16.5. The third kappa shape index (κ3) is 3.88. The van der Waals surface area contributed by atoms with Gasteiger partial charge in [0.05, 0.1) is 13.1 Å². The Morgan fingerprint density at radius 3 is 2.45 bits per heavy atom. The number of alkyl halides is 1. The number of amides is 1. The predicted octanol–water partition coefficient (Wildman–Crippen LogP) is 3.00. The van der Waals surface area contributed by atoms with Crippen LogP contribution in [0.25, 0.3) is 0 Å². The summed E-state index contributed by atoms with van der Waals surface area (Å²) in [7, 11) is 0. The van der Waals surface area contributed by atoms with Crippen molar-refractivity contribution >= 4 is 5.91 Å². The van der Waals surface area contributed by atoms with Gasteiger partial charge in [0.2, 0.25) is 5.91 Å². The molecule has 0 bridgehead atoms. The summed E-state index contributed by atoms with van der Waals surface area (Å²) >= 11 is 0. The van der Waals surface area contributed by atoms with E-state index in [2.05, 4.69) is 6.58 Å². The van der Waals surface area contributed by atoms with Crippen LogP contribution >= 0.6 is 0 Å². The second-order valence-electron chi connectivity index (χ2n) is 5.36. The molecule has 1 aromatic carbocycles. The van der Waals surface area contributed by atoms with E-state index in [-0.39, 0.29) is 44.7 Å². The number of carbonyl (C=O) groups excluding carboxylic acids is 1. The topological polar surface area (TPSA) is 29.5 Å². The van der Waals surface area contributed by atoms with Crippen molar-refractivity contribution in [3.63, 3.8) is 0 Å². The van der Waals surface area contributed by atoms with Gasteiger partial charge in [0.1, 0.15) is 17.3 Å². The summed E-state index contributed by atoms with van der Waals surface area (Å²) in [5.74, 6) is -2.09. The zero-order valence-corrected chi connectivity index (χ0v) is 12.2. The zero-order valence-electron chi connectivity index (χ0n) is 12.2. The van der Waals surface area contributed by atoms with E-state index < -0.39 is 23.2 Å². The standard InChI is InChI=1S/C16H18F3NO2/c1-2-15(21)20(11-16(19)6-8-22-9-7-16)10-12-13(17)4-3-5-14(12)18/h2-5H,1,6-11H2. The van der Waals surface area contributed by atoms with Crippen molar-refractivity contribution in [3.8, 4) is 0 Å². The molecule has 1 aromatic rings. The van der Waals surface area contributed by atoms with Crippen molar-refractivity contribution in [2.45, 2.75) is 25.1 Å². The molecule has 1 amide bonds. The fourth-order valence-electron chi connectivity index (χ4n) is 2.45. The smallest absolute Gasteiger partial charge is 0.246 e. The summed E-state index contributed by atoms with van der Waals surface area (Å²) in [5.41, 5.74) is -1.87. The molecule has 2 rings (SSSR count). The average molecular weight is 313 g/mol. The van der Waals surface area contributed by atoms with Crippen molar-refractivity contribution in [2.24, 2.45) is 0 Å². The van der Waals surface area contributed by atoms with E-state index in [4.69, 9.17) is 4.74 Å². The lowest BCUT2D eigenvalue weighted by atomic mass is 9.95. The molecular weight excluding hydrogens is 295 g/mol. The molecule has 0 N–H and O–H groups in total. The summed E-state index contributed by atoms with van der Waals surface area (Å²) in [4.78, 5) is 13.0. The minimum atomic E-state index is -1.61. The molecule has 1 aliphatic rings. The van der Waals surface area contributed by atoms with Crippen LogP contribution in [0.15, 0.2) is 30.9 Å². The molecule has 0 unspecified atom stereocenters. The Morgan fingerprint density at radius 2 is 1.91 bits per heavy atom. The van der Waals surface area contributed by atoms with Gasteiger partial charge in [-0.25, -0.2) is 13.2 Å². The minimum absolute atomic E-state index is 0.147. The van der Waals surface area contributed by atoms with Crippen molar-refractivity contribution in [1.29, 1.82) is 0 Å². The molecule has 0 radical (unpaired) electrons. The Balaban J connectivity index is 2.19. The highest BCUT2D eigenvalue weighted by Gasteiger charge is 2.35. The Kier molecular flexibility index (Phi) is 5.24. The van der Waals surface area contributed by atoms with Gasteiger partial charge in [-0.1, -0.05) is 12.6 Å². The van der Waals surface area contributed by atoms with Crippen LogP contribution in [0.4, 0.5) is 13.2 Å². The number of halogens is 3. The number of ether oxygens (including phenoxy) is 1. The Labute approximate surface area is 127 Å². The number of rotatable bonds is 5. The molecular formula is C16H18F3NO2. The van der Waals surface area contributed by atoms with Crippen LogP contribution < -0.4 is 0 Å². The van der Waals surface area contributed by atoms with E-state index in [0.717, 1.165) is 23.1 Å². The summed E-state index contributed by atoms with van der Waals surface area (Å²) in [6.07, 6.45) is 1.31. The Hall–Kier alpha value is -1.82. The normalized spacial score (nSPS) is 17.0. The van der Waals surface area contributed by atoms with Crippen LogP contribution in [0, 0.1) is 11.6 Å². The summed E-state index contributed by atoms with van der Waals surface area (Å²) in [5, 5.41) is 0. The van der Waals surface area contributed by atoms with Gasteiger partial charge in [0, 0.05) is 31.6 Å². The first-order chi connectivity index (χ1) is 10.4. The van der Waals surface area contributed by atoms with E-state index in [1.165, 1.54) is 6.07 Å². The monoisotopic (exact) mass is 313 g/mol. The zero-order chi connectivity index (χ0) is 16.2. The molecule has 1 fully saturated rings. The molecule has 120 valence electrons. The number of hydrogen-bond donors (Lipinski definition) is 0. The number of hydrogen-bond acceptors (Lipinski definition) is 2. The third-order valence-electron chi connectivity index (χ3n) is 3.76. The van der Waals surface area contributed by atoms with Gasteiger partial charge in [0.15, 0.2) is 0 Å². The van der Waals surface area contributed by atoms with Crippen molar-refractivity contribution in [1.82, 2.24) is 4.90 Å². The molecule has 0 aromatic heterocycles. The lowest BCUT2D eigenvalue weighted by molar-refractivity contribution is -0.130. The molecule has 0 atom stereocenters. The summed E-state index contributed by atoms with van der Waals surface area (Å²) < 4.78 is 47.3. The average Bonchev–Trinajstić information content (AvgIpc) is 2.49. The summed E-state index contributed by atoms with van der Waals surface area (Å²) in [6, 6.07) is 3.45. The fraction of sp³-hybridized carbons (Fsp3) is 0.438. The van der Waals surface area contributed by atoms with Gasteiger partial charge >= 0.3 is 0 Å². The molecule has 6 heteroatoms. The van der Waals surface area contributed by atoms with Gasteiger partial charge in [-0.05, 0) is 18.2 Å². The number of nitrogens with zero attached hydrogens (tertiary/aromatic N) is 1. The highest BCUT2D eigenvalue weighted by atomic mass is 19.1. The number of benzene rings is 1. The molecule has 1 aliphatic heterocycles. The largest absolute Gasteiger partial charge is 0.381 e. The minimum Gasteiger partial charge on any atom is -0.381 e. The third-order valence-corrected chi connectivity index (χ3v) is 3.76. The van der Waals surface area contributed by atoms with E-state index in [1.807, 2.05) is 0 Å². The maximum absolute atomic E-state index is 14.7. The molecule has 1 heterocycles. The lowest BCUT2D eigenvalue weighted by Gasteiger charge is -2.34. The van der Waals surface area contributed by atoms with E-state index >= 15 is 0 Å². The van der Waals surface area contributed by atoms with Gasteiger partial charge in [-0.3, -0.25) is 4.79 Å². The first-order valence-corrected chi connectivity index (χ1v) is 7.06. The highest BCUT2D eigenvalue weighted by molar-refractivity contribution is 5.87. The maximum atomic E-state index is 14.7. The molecule has 0 saturated carbocycles. The summed E-state index contributed by atoms with van der Waals surface area (Å²) in [6.45, 7) is 3.31. The van der Waals surface area contributed by atoms with Crippen LogP contribution in [0.2, 0.25) is 0 Å². The van der Waals surface area contributed by atoms with Gasteiger partial charge in [-0.15, -0.1) is 0 Å². The van der Waals surface area contributed by atoms with Crippen molar-refractivity contribution in [2.75, 3.05) is 19.8 Å². The molecule has 0 aliphatic carbocycles.